The Morgan fingerprint density at radius 3 is 1.26 bits per heavy atom. The van der Waals surface area contributed by atoms with Crippen molar-refractivity contribution in [3.05, 3.63) is 199 Å². The van der Waals surface area contributed by atoms with Crippen LogP contribution in [-0.2, 0) is 64.2 Å². The molecule has 0 spiro atoms. The van der Waals surface area contributed by atoms with Gasteiger partial charge in [0.15, 0.2) is 0 Å². The predicted molar refractivity (Wildman–Crippen MR) is 251 cm³/mol. The minimum absolute atomic E-state index is 1.23. The van der Waals surface area contributed by atoms with Crippen molar-refractivity contribution in [2.45, 2.75) is 131 Å². The number of benzene rings is 7. The van der Waals surface area contributed by atoms with E-state index in [2.05, 4.69) is 150 Å². The van der Waals surface area contributed by atoms with E-state index in [-0.39, 0.29) is 0 Å². The summed E-state index contributed by atoms with van der Waals surface area (Å²) in [6, 6.07) is 43.0. The van der Waals surface area contributed by atoms with E-state index < -0.39 is 0 Å². The summed E-state index contributed by atoms with van der Waals surface area (Å²) < 4.78 is 0. The van der Waals surface area contributed by atoms with Gasteiger partial charge >= 0.3 is 0 Å². The third-order valence-electron chi connectivity index (χ3n) is 13.3. The summed E-state index contributed by atoms with van der Waals surface area (Å²) in [6.45, 7) is 10.9. The molecule has 0 saturated carbocycles. The highest BCUT2D eigenvalue weighted by Crippen LogP contribution is 2.33. The van der Waals surface area contributed by atoms with Crippen molar-refractivity contribution in [1.82, 2.24) is 0 Å². The summed E-state index contributed by atoms with van der Waals surface area (Å²) in [6.07, 6.45) is 19.6. The first kappa shape index (κ1) is 39.9. The number of aryl methyl sites for hydroxylation is 15. The number of hydrogen-bond donors (Lipinski definition) is 0. The summed E-state index contributed by atoms with van der Waals surface area (Å²) >= 11 is 0. The fourth-order valence-electron chi connectivity index (χ4n) is 10.3. The molecular formula is C58H64. The number of fused-ring (bicyclic) bond motifs is 3. The second kappa shape index (κ2) is 18.3. The third-order valence-corrected chi connectivity index (χ3v) is 13.3. The summed E-state index contributed by atoms with van der Waals surface area (Å²) in [4.78, 5) is 0. The van der Waals surface area contributed by atoms with Crippen LogP contribution >= 0.6 is 0 Å². The van der Waals surface area contributed by atoms with E-state index in [1.807, 2.05) is 0 Å². The van der Waals surface area contributed by atoms with Gasteiger partial charge in [0.05, 0.1) is 0 Å². The van der Waals surface area contributed by atoms with Crippen LogP contribution in [0.2, 0.25) is 0 Å². The van der Waals surface area contributed by atoms with Crippen LogP contribution in [0.1, 0.15) is 116 Å². The first-order valence-electron chi connectivity index (χ1n) is 22.6. The molecule has 0 amide bonds. The van der Waals surface area contributed by atoms with Crippen LogP contribution in [0.3, 0.4) is 0 Å². The SMILES string of the molecule is Cc1cc2c3c(cccc3c1)CC2.Cc1ccc2c(c1)CCC2.Cc1ccc2c(c1)CCCC2.Cc1ccc2c(c1)CCCC2.Cc1ccc2c3c(cccc13)CC2. The molecule has 0 heterocycles. The molecule has 7 aromatic rings. The minimum atomic E-state index is 1.23. The first-order chi connectivity index (χ1) is 28.3. The summed E-state index contributed by atoms with van der Waals surface area (Å²) in [7, 11) is 0. The second-order valence-corrected chi connectivity index (χ2v) is 17.9. The van der Waals surface area contributed by atoms with Gasteiger partial charge in [0, 0.05) is 0 Å². The molecule has 0 fully saturated rings. The molecule has 296 valence electrons. The van der Waals surface area contributed by atoms with E-state index in [4.69, 9.17) is 0 Å². The standard InChI is InChI=1S/2C13H12.2C11H14.C10H12/c1-9-7-11-4-2-3-10-5-6-12(8-9)13(10)11;1-9-5-6-11-8-7-10-3-2-4-12(9)13(10)11;2*1-9-6-7-10-4-2-3-5-11(10)8-9;1-8-5-6-9-3-2-4-10(9)7-8/h2-4,7-8H,5-6H2,1H3;2-6H,7-8H2,1H3;2*6-8H,2-5H2,1H3;5-7H,2-4H2,1H3. The van der Waals surface area contributed by atoms with Crippen LogP contribution in [0, 0.1) is 34.6 Å². The maximum atomic E-state index is 2.34. The Bertz CT molecular complexity index is 2480. The zero-order valence-corrected chi connectivity index (χ0v) is 36.1. The lowest BCUT2D eigenvalue weighted by molar-refractivity contribution is 0.685. The number of hydrogen-bond acceptors (Lipinski definition) is 0. The van der Waals surface area contributed by atoms with Crippen LogP contribution in [0.4, 0.5) is 0 Å². The molecule has 0 nitrogen and oxygen atoms in total. The Kier molecular flexibility index (Phi) is 12.6. The quantitative estimate of drug-likeness (QED) is 0.144. The molecule has 0 radical (unpaired) electrons. The normalized spacial score (nSPS) is 15.0. The Labute approximate surface area is 349 Å². The highest BCUT2D eigenvalue weighted by Gasteiger charge is 2.15. The molecule has 0 atom stereocenters. The van der Waals surface area contributed by atoms with Gasteiger partial charge in [-0.25, -0.2) is 0 Å². The lowest BCUT2D eigenvalue weighted by Gasteiger charge is -2.15. The van der Waals surface area contributed by atoms with Crippen molar-refractivity contribution in [2.75, 3.05) is 0 Å². The molecule has 5 aliphatic carbocycles. The van der Waals surface area contributed by atoms with Crippen LogP contribution in [0.15, 0.2) is 115 Å². The van der Waals surface area contributed by atoms with Gasteiger partial charge in [-0.2, -0.15) is 0 Å². The molecular weight excluding hydrogens is 697 g/mol. The summed E-state index contributed by atoms with van der Waals surface area (Å²) in [5, 5.41) is 5.92. The molecule has 7 aromatic carbocycles. The number of rotatable bonds is 0. The maximum absolute atomic E-state index is 2.34. The van der Waals surface area contributed by atoms with Crippen molar-refractivity contribution >= 4 is 21.5 Å². The Balaban J connectivity index is 0.000000102. The topological polar surface area (TPSA) is 0 Å². The Hall–Kier alpha value is -4.94. The van der Waals surface area contributed by atoms with Crippen molar-refractivity contribution in [3.63, 3.8) is 0 Å². The van der Waals surface area contributed by atoms with E-state index in [1.54, 1.807) is 38.9 Å². The molecule has 0 aromatic heterocycles. The first-order valence-corrected chi connectivity index (χ1v) is 22.6. The van der Waals surface area contributed by atoms with E-state index in [0.717, 1.165) is 0 Å². The minimum Gasteiger partial charge on any atom is -0.0614 e. The molecule has 0 heteroatoms. The van der Waals surface area contributed by atoms with Gasteiger partial charge in [-0.3, -0.25) is 0 Å². The van der Waals surface area contributed by atoms with Crippen LogP contribution in [0.25, 0.3) is 21.5 Å². The molecule has 0 saturated heterocycles. The van der Waals surface area contributed by atoms with Crippen molar-refractivity contribution < 1.29 is 0 Å². The van der Waals surface area contributed by atoms with Gasteiger partial charge in [0.25, 0.3) is 0 Å². The summed E-state index contributed by atoms with van der Waals surface area (Å²) in [5.74, 6) is 0. The van der Waals surface area contributed by atoms with Gasteiger partial charge in [-0.1, -0.05) is 138 Å². The Morgan fingerprint density at radius 1 is 0.276 bits per heavy atom. The largest absolute Gasteiger partial charge is 0.0614 e. The highest BCUT2D eigenvalue weighted by atomic mass is 14.2. The van der Waals surface area contributed by atoms with Crippen LogP contribution in [-0.4, -0.2) is 0 Å². The molecule has 0 aliphatic heterocycles. The fraction of sp³-hybridized carbons (Fsp3) is 0.345. The van der Waals surface area contributed by atoms with Crippen molar-refractivity contribution in [3.8, 4) is 0 Å². The van der Waals surface area contributed by atoms with Crippen molar-refractivity contribution in [2.24, 2.45) is 0 Å². The Morgan fingerprint density at radius 2 is 0.690 bits per heavy atom. The van der Waals surface area contributed by atoms with Gasteiger partial charge in [0.2, 0.25) is 0 Å². The van der Waals surface area contributed by atoms with Crippen LogP contribution in [0.5, 0.6) is 0 Å². The van der Waals surface area contributed by atoms with Gasteiger partial charge in [0.1, 0.15) is 0 Å². The zero-order valence-electron chi connectivity index (χ0n) is 36.1. The molecule has 0 bridgehead atoms. The predicted octanol–water partition coefficient (Wildman–Crippen LogP) is 14.7. The average Bonchev–Trinajstić information content (AvgIpc) is 4.00. The second-order valence-electron chi connectivity index (χ2n) is 17.9. The molecule has 0 unspecified atom stereocenters. The van der Waals surface area contributed by atoms with E-state index in [1.165, 1.54) is 162 Å². The highest BCUT2D eigenvalue weighted by molar-refractivity contribution is 5.93. The van der Waals surface area contributed by atoms with Crippen molar-refractivity contribution in [1.29, 1.82) is 0 Å². The lowest BCUT2D eigenvalue weighted by Crippen LogP contribution is -2.01. The van der Waals surface area contributed by atoms with Gasteiger partial charge in [-0.05, 0) is 214 Å². The molecule has 58 heavy (non-hydrogen) atoms. The van der Waals surface area contributed by atoms with Crippen LogP contribution < -0.4 is 0 Å². The average molecular weight is 761 g/mol. The zero-order chi connectivity index (χ0) is 40.0. The monoisotopic (exact) mass is 761 g/mol. The molecule has 0 N–H and O–H groups in total. The molecule has 12 rings (SSSR count). The van der Waals surface area contributed by atoms with Gasteiger partial charge in [-0.15, -0.1) is 0 Å². The molecule has 5 aliphatic rings. The van der Waals surface area contributed by atoms with E-state index >= 15 is 0 Å². The smallest absolute Gasteiger partial charge is 0.0117 e. The van der Waals surface area contributed by atoms with E-state index in [0.29, 0.717) is 0 Å². The van der Waals surface area contributed by atoms with Gasteiger partial charge < -0.3 is 0 Å². The third kappa shape index (κ3) is 9.34. The summed E-state index contributed by atoms with van der Waals surface area (Å²) in [5.41, 5.74) is 22.7. The fourth-order valence-corrected chi connectivity index (χ4v) is 10.3. The van der Waals surface area contributed by atoms with E-state index in [9.17, 15) is 0 Å². The maximum Gasteiger partial charge on any atom is -0.0117 e. The lowest BCUT2D eigenvalue weighted by atomic mass is 9.91.